The lowest BCUT2D eigenvalue weighted by molar-refractivity contribution is -0.304. The third kappa shape index (κ3) is 4.20. The molecule has 5 rings (SSSR count). The minimum atomic E-state index is -1.19. The fraction of sp³-hybridized carbons (Fsp3) is 0.484. The van der Waals surface area contributed by atoms with Gasteiger partial charge < -0.3 is 19.3 Å². The highest BCUT2D eigenvalue weighted by atomic mass is 16.6. The Hall–Kier alpha value is -2.96. The van der Waals surface area contributed by atoms with E-state index in [2.05, 4.69) is 0 Å². The smallest absolute Gasteiger partial charge is 0.338 e. The summed E-state index contributed by atoms with van der Waals surface area (Å²) < 4.78 is 19.1. The van der Waals surface area contributed by atoms with Crippen LogP contribution in [0.25, 0.3) is 6.08 Å². The number of hydrogen-bond donors (Lipinski definition) is 1. The van der Waals surface area contributed by atoms with Crippen molar-refractivity contribution in [3.8, 4) is 0 Å². The maximum atomic E-state index is 13.2. The first-order valence-corrected chi connectivity index (χ1v) is 13.1. The zero-order valence-electron chi connectivity index (χ0n) is 22.0. The summed E-state index contributed by atoms with van der Waals surface area (Å²) in [5, 5.41) is 11.8. The van der Waals surface area contributed by atoms with E-state index in [9.17, 15) is 14.7 Å². The molecular weight excluding hydrogens is 468 g/mol. The highest BCUT2D eigenvalue weighted by Crippen LogP contribution is 2.67. The molecule has 0 radical (unpaired) electrons. The molecule has 2 aromatic carbocycles. The van der Waals surface area contributed by atoms with Crippen molar-refractivity contribution in [2.24, 2.45) is 11.3 Å². The first-order chi connectivity index (χ1) is 17.5. The largest absolute Gasteiger partial charge is 0.458 e. The molecule has 2 bridgehead atoms. The topological polar surface area (TPSA) is 82.1 Å². The molecule has 3 aliphatic rings. The molecule has 6 heteroatoms. The summed E-state index contributed by atoms with van der Waals surface area (Å²) in [7, 11) is 0. The fourth-order valence-electron chi connectivity index (χ4n) is 6.95. The van der Waals surface area contributed by atoms with E-state index in [0.717, 1.165) is 5.56 Å². The lowest BCUT2D eigenvalue weighted by Gasteiger charge is -2.62. The molecule has 0 amide bonds. The summed E-state index contributed by atoms with van der Waals surface area (Å²) in [6, 6.07) is 18.4. The molecule has 1 spiro atoms. The van der Waals surface area contributed by atoms with Crippen LogP contribution >= 0.6 is 0 Å². The Morgan fingerprint density at radius 3 is 2.27 bits per heavy atom. The van der Waals surface area contributed by atoms with Gasteiger partial charge in [0.1, 0.15) is 17.8 Å². The Balaban J connectivity index is 1.50. The van der Waals surface area contributed by atoms with Crippen molar-refractivity contribution in [3.63, 3.8) is 0 Å². The standard InChI is InChI=1S/C31H36O6/c1-28(2)23-19-25(35-26(32)16-15-21-11-7-5-8-12-21)30(4)24(36-27(33)22-13-9-6-10-14-22)17-18-29(3,34)31(30,20-23)37-28/h5-16,23-25,34H,17-20H2,1-4H3/b16-15+/t23?,24-,25?,29?,30-,31?/m0/s1. The molecule has 1 N–H and O–H groups in total. The minimum Gasteiger partial charge on any atom is -0.458 e. The Morgan fingerprint density at radius 2 is 1.59 bits per heavy atom. The SMILES string of the molecule is CC1(C)OC23CC1CC(OC(=O)/C=C/c1ccccc1)[C@]2(C)[C@@H](OC(=O)c1ccccc1)CCC3(C)O. The highest BCUT2D eigenvalue weighted by Gasteiger charge is 2.77. The van der Waals surface area contributed by atoms with Gasteiger partial charge in [-0.2, -0.15) is 0 Å². The summed E-state index contributed by atoms with van der Waals surface area (Å²) in [5.41, 5.74) is -2.37. The average molecular weight is 505 g/mol. The maximum absolute atomic E-state index is 13.2. The summed E-state index contributed by atoms with van der Waals surface area (Å²) in [5.74, 6) is -0.828. The second-order valence-electron chi connectivity index (χ2n) is 11.7. The van der Waals surface area contributed by atoms with E-state index in [0.29, 0.717) is 31.2 Å². The van der Waals surface area contributed by atoms with Gasteiger partial charge in [0, 0.05) is 6.08 Å². The second-order valence-corrected chi connectivity index (χ2v) is 11.7. The number of aliphatic hydroxyl groups is 1. The molecule has 6 atom stereocenters. The number of fused-ring (bicyclic) bond motifs is 1. The Kier molecular flexibility index (Phi) is 6.32. The van der Waals surface area contributed by atoms with E-state index in [1.54, 1.807) is 37.3 Å². The average Bonchev–Trinajstić information content (AvgIpc) is 3.12. The van der Waals surface area contributed by atoms with Crippen LogP contribution in [0.1, 0.15) is 69.3 Å². The monoisotopic (exact) mass is 504 g/mol. The van der Waals surface area contributed by atoms with Crippen LogP contribution in [-0.2, 0) is 19.0 Å². The van der Waals surface area contributed by atoms with Crippen LogP contribution in [0.2, 0.25) is 0 Å². The van der Waals surface area contributed by atoms with Crippen molar-refractivity contribution in [2.45, 2.75) is 82.4 Å². The van der Waals surface area contributed by atoms with E-state index in [1.165, 1.54) is 6.08 Å². The quantitative estimate of drug-likeness (QED) is 0.437. The van der Waals surface area contributed by atoms with Crippen LogP contribution < -0.4 is 0 Å². The molecule has 1 heterocycles. The van der Waals surface area contributed by atoms with Crippen molar-refractivity contribution in [2.75, 3.05) is 0 Å². The number of rotatable bonds is 5. The van der Waals surface area contributed by atoms with Gasteiger partial charge in [-0.05, 0) is 83.1 Å². The summed E-state index contributed by atoms with van der Waals surface area (Å²) >= 11 is 0. The summed E-state index contributed by atoms with van der Waals surface area (Å²) in [6.45, 7) is 7.82. The normalized spacial score (nSPS) is 36.1. The van der Waals surface area contributed by atoms with Gasteiger partial charge in [0.05, 0.1) is 22.2 Å². The van der Waals surface area contributed by atoms with Crippen LogP contribution in [0.3, 0.4) is 0 Å². The van der Waals surface area contributed by atoms with E-state index in [4.69, 9.17) is 14.2 Å². The van der Waals surface area contributed by atoms with Gasteiger partial charge in [-0.25, -0.2) is 9.59 Å². The molecule has 4 unspecified atom stereocenters. The molecule has 6 nitrogen and oxygen atoms in total. The summed E-state index contributed by atoms with van der Waals surface area (Å²) in [6.07, 6.45) is 3.95. The molecule has 2 saturated carbocycles. The van der Waals surface area contributed by atoms with Crippen molar-refractivity contribution in [1.82, 2.24) is 0 Å². The molecule has 196 valence electrons. The van der Waals surface area contributed by atoms with Gasteiger partial charge in [0.2, 0.25) is 0 Å². The van der Waals surface area contributed by atoms with Crippen LogP contribution in [-0.4, -0.2) is 46.1 Å². The van der Waals surface area contributed by atoms with E-state index in [1.807, 2.05) is 57.2 Å². The van der Waals surface area contributed by atoms with Crippen LogP contribution in [0.5, 0.6) is 0 Å². The second kappa shape index (κ2) is 9.10. The Bertz CT molecular complexity index is 1190. The molecule has 3 fully saturated rings. The van der Waals surface area contributed by atoms with Crippen LogP contribution in [0.4, 0.5) is 0 Å². The molecule has 0 aromatic heterocycles. The van der Waals surface area contributed by atoms with Gasteiger partial charge >= 0.3 is 11.9 Å². The van der Waals surface area contributed by atoms with Crippen LogP contribution in [0, 0.1) is 11.3 Å². The van der Waals surface area contributed by atoms with Gasteiger partial charge in [-0.3, -0.25) is 0 Å². The zero-order chi connectivity index (χ0) is 26.5. The van der Waals surface area contributed by atoms with Crippen molar-refractivity contribution in [1.29, 1.82) is 0 Å². The number of ether oxygens (including phenoxy) is 3. The van der Waals surface area contributed by atoms with Crippen LogP contribution in [0.15, 0.2) is 66.7 Å². The molecule has 37 heavy (non-hydrogen) atoms. The molecule has 2 aromatic rings. The van der Waals surface area contributed by atoms with E-state index in [-0.39, 0.29) is 5.92 Å². The minimum absolute atomic E-state index is 0.0755. The predicted molar refractivity (Wildman–Crippen MR) is 140 cm³/mol. The van der Waals surface area contributed by atoms with Gasteiger partial charge in [0.15, 0.2) is 0 Å². The zero-order valence-corrected chi connectivity index (χ0v) is 22.0. The Labute approximate surface area is 218 Å². The summed E-state index contributed by atoms with van der Waals surface area (Å²) in [4.78, 5) is 26.3. The number of esters is 2. The third-order valence-electron chi connectivity index (χ3n) is 9.15. The molecule has 2 aliphatic carbocycles. The van der Waals surface area contributed by atoms with E-state index < -0.39 is 46.4 Å². The third-order valence-corrected chi connectivity index (χ3v) is 9.15. The number of hydrogen-bond acceptors (Lipinski definition) is 6. The first-order valence-electron chi connectivity index (χ1n) is 13.1. The van der Waals surface area contributed by atoms with Crippen molar-refractivity contribution < 1.29 is 28.9 Å². The fourth-order valence-corrected chi connectivity index (χ4v) is 6.95. The van der Waals surface area contributed by atoms with Crippen molar-refractivity contribution in [3.05, 3.63) is 77.9 Å². The lowest BCUT2D eigenvalue weighted by atomic mass is 9.49. The predicted octanol–water partition coefficient (Wildman–Crippen LogP) is 5.35. The lowest BCUT2D eigenvalue weighted by Crippen LogP contribution is -2.74. The Morgan fingerprint density at radius 1 is 0.946 bits per heavy atom. The van der Waals surface area contributed by atoms with Gasteiger partial charge in [-0.15, -0.1) is 0 Å². The van der Waals surface area contributed by atoms with Gasteiger partial charge in [-0.1, -0.05) is 48.5 Å². The molecule has 1 aliphatic heterocycles. The first kappa shape index (κ1) is 25.7. The number of carbonyl (C=O) groups excluding carboxylic acids is 2. The number of carbonyl (C=O) groups is 2. The van der Waals surface area contributed by atoms with E-state index >= 15 is 0 Å². The number of benzene rings is 2. The van der Waals surface area contributed by atoms with Gasteiger partial charge in [0.25, 0.3) is 0 Å². The highest BCUT2D eigenvalue weighted by molar-refractivity contribution is 5.89. The molecular formula is C31H36O6. The van der Waals surface area contributed by atoms with Crippen molar-refractivity contribution >= 4 is 18.0 Å². The maximum Gasteiger partial charge on any atom is 0.338 e. The molecule has 1 saturated heterocycles.